The number of benzene rings is 2. The van der Waals surface area contributed by atoms with Gasteiger partial charge in [-0.2, -0.15) is 0 Å². The van der Waals surface area contributed by atoms with Crippen molar-refractivity contribution >= 4 is 11.6 Å². The lowest BCUT2D eigenvalue weighted by Gasteiger charge is -2.31. The molecule has 1 unspecified atom stereocenters. The highest BCUT2D eigenvalue weighted by Crippen LogP contribution is 2.42. The molecular weight excluding hydrogens is 290 g/mol. The molecule has 0 saturated carbocycles. The van der Waals surface area contributed by atoms with Crippen molar-refractivity contribution in [2.24, 2.45) is 5.73 Å². The minimum Gasteiger partial charge on any atom is -0.506 e. The molecule has 0 aliphatic carbocycles. The minimum absolute atomic E-state index is 0.0580. The largest absolute Gasteiger partial charge is 0.506 e. The SMILES string of the molecule is COc1ccc2c(c1)OC(c1ccc(O)c(Cl)c1)C[C@H]2N. The van der Waals surface area contributed by atoms with Crippen molar-refractivity contribution in [1.29, 1.82) is 0 Å². The number of nitrogens with two attached hydrogens (primary N) is 1. The van der Waals surface area contributed by atoms with Crippen molar-refractivity contribution in [3.63, 3.8) is 0 Å². The third-order valence-corrected chi connectivity index (χ3v) is 4.00. The number of rotatable bonds is 2. The van der Waals surface area contributed by atoms with Gasteiger partial charge in [0.05, 0.1) is 12.1 Å². The second kappa shape index (κ2) is 5.47. The van der Waals surface area contributed by atoms with E-state index in [1.165, 1.54) is 0 Å². The Labute approximate surface area is 128 Å². The lowest BCUT2D eigenvalue weighted by molar-refractivity contribution is 0.161. The highest BCUT2D eigenvalue weighted by Gasteiger charge is 2.27. The number of methoxy groups -OCH3 is 1. The summed E-state index contributed by atoms with van der Waals surface area (Å²) in [6.07, 6.45) is 0.457. The first-order valence-electron chi connectivity index (χ1n) is 6.67. The number of fused-ring (bicyclic) bond motifs is 1. The van der Waals surface area contributed by atoms with Gasteiger partial charge < -0.3 is 20.3 Å². The molecule has 1 aliphatic heterocycles. The molecule has 1 aliphatic rings. The maximum atomic E-state index is 9.51. The number of phenols is 1. The fourth-order valence-electron chi connectivity index (χ4n) is 2.54. The third-order valence-electron chi connectivity index (χ3n) is 3.70. The summed E-state index contributed by atoms with van der Waals surface area (Å²) in [7, 11) is 1.61. The molecular formula is C16H16ClNO3. The average molecular weight is 306 g/mol. The Hall–Kier alpha value is -1.91. The summed E-state index contributed by atoms with van der Waals surface area (Å²) in [5, 5.41) is 9.81. The third kappa shape index (κ3) is 2.64. The molecule has 0 bridgehead atoms. The summed E-state index contributed by atoms with van der Waals surface area (Å²) in [5.41, 5.74) is 8.09. The molecule has 5 heteroatoms. The molecule has 4 nitrogen and oxygen atoms in total. The summed E-state index contributed by atoms with van der Waals surface area (Å²) < 4.78 is 11.2. The molecule has 110 valence electrons. The average Bonchev–Trinajstić information content (AvgIpc) is 2.49. The Kier molecular flexibility index (Phi) is 3.66. The molecule has 0 fully saturated rings. The second-order valence-electron chi connectivity index (χ2n) is 5.06. The molecule has 0 spiro atoms. The van der Waals surface area contributed by atoms with E-state index in [1.807, 2.05) is 18.2 Å². The van der Waals surface area contributed by atoms with Crippen LogP contribution in [0.4, 0.5) is 0 Å². The van der Waals surface area contributed by atoms with E-state index in [4.69, 9.17) is 26.8 Å². The molecule has 1 heterocycles. The van der Waals surface area contributed by atoms with E-state index in [0.717, 1.165) is 22.6 Å². The van der Waals surface area contributed by atoms with Gasteiger partial charge in [-0.1, -0.05) is 23.7 Å². The predicted molar refractivity (Wildman–Crippen MR) is 81.0 cm³/mol. The van der Waals surface area contributed by atoms with E-state index in [9.17, 15) is 5.11 Å². The van der Waals surface area contributed by atoms with Crippen LogP contribution in [0.5, 0.6) is 17.2 Å². The van der Waals surface area contributed by atoms with Crippen LogP contribution in [0.3, 0.4) is 0 Å². The van der Waals surface area contributed by atoms with Gasteiger partial charge in [0, 0.05) is 24.1 Å². The standard InChI is InChI=1S/C16H16ClNO3/c1-20-10-3-4-11-13(18)8-15(21-16(11)7-10)9-2-5-14(19)12(17)6-9/h2-7,13,15,19H,8,18H2,1H3/t13-,15?/m1/s1. The van der Waals surface area contributed by atoms with Crippen molar-refractivity contribution in [2.45, 2.75) is 18.6 Å². The molecule has 3 rings (SSSR count). The van der Waals surface area contributed by atoms with Gasteiger partial charge in [-0.3, -0.25) is 0 Å². The van der Waals surface area contributed by atoms with Gasteiger partial charge in [-0.05, 0) is 23.8 Å². The van der Waals surface area contributed by atoms with Gasteiger partial charge in [0.2, 0.25) is 0 Å². The van der Waals surface area contributed by atoms with E-state index in [2.05, 4.69) is 0 Å². The molecule has 0 saturated heterocycles. The highest BCUT2D eigenvalue weighted by molar-refractivity contribution is 6.32. The monoisotopic (exact) mass is 305 g/mol. The van der Waals surface area contributed by atoms with E-state index in [-0.39, 0.29) is 17.9 Å². The number of halogens is 1. The Morgan fingerprint density at radius 1 is 1.29 bits per heavy atom. The minimum atomic E-state index is -0.197. The zero-order valence-electron chi connectivity index (χ0n) is 11.5. The summed E-state index contributed by atoms with van der Waals surface area (Å²) in [6.45, 7) is 0. The molecule has 21 heavy (non-hydrogen) atoms. The summed E-state index contributed by atoms with van der Waals surface area (Å²) in [5.74, 6) is 1.51. The quantitative estimate of drug-likeness (QED) is 0.890. The predicted octanol–water partition coefficient (Wildman–Crippen LogP) is 3.58. The fourth-order valence-corrected chi connectivity index (χ4v) is 2.73. The summed E-state index contributed by atoms with van der Waals surface area (Å²) in [4.78, 5) is 0. The topological polar surface area (TPSA) is 64.7 Å². The summed E-state index contributed by atoms with van der Waals surface area (Å²) >= 11 is 5.96. The van der Waals surface area contributed by atoms with Crippen molar-refractivity contribution in [2.75, 3.05) is 7.11 Å². The van der Waals surface area contributed by atoms with Gasteiger partial charge in [-0.15, -0.1) is 0 Å². The molecule has 0 aromatic heterocycles. The second-order valence-corrected chi connectivity index (χ2v) is 5.47. The van der Waals surface area contributed by atoms with Gasteiger partial charge >= 0.3 is 0 Å². The number of aromatic hydroxyl groups is 1. The Bertz CT molecular complexity index is 675. The molecule has 0 amide bonds. The van der Waals surface area contributed by atoms with E-state index >= 15 is 0 Å². The lowest BCUT2D eigenvalue weighted by Crippen LogP contribution is -2.24. The maximum Gasteiger partial charge on any atom is 0.134 e. The Morgan fingerprint density at radius 3 is 2.81 bits per heavy atom. The van der Waals surface area contributed by atoms with E-state index in [1.54, 1.807) is 25.3 Å². The van der Waals surface area contributed by atoms with Crippen LogP contribution in [-0.2, 0) is 0 Å². The first-order valence-corrected chi connectivity index (χ1v) is 7.05. The summed E-state index contributed by atoms with van der Waals surface area (Å²) in [6, 6.07) is 10.6. The molecule has 2 aromatic carbocycles. The number of hydrogen-bond donors (Lipinski definition) is 2. The normalized spacial score (nSPS) is 20.5. The first kappa shape index (κ1) is 14.0. The van der Waals surface area contributed by atoms with Crippen LogP contribution >= 0.6 is 11.6 Å². The Morgan fingerprint density at radius 2 is 2.10 bits per heavy atom. The Balaban J connectivity index is 1.94. The highest BCUT2D eigenvalue weighted by atomic mass is 35.5. The zero-order valence-corrected chi connectivity index (χ0v) is 12.3. The maximum absolute atomic E-state index is 9.51. The van der Waals surface area contributed by atoms with Crippen LogP contribution in [0.1, 0.15) is 29.7 Å². The zero-order chi connectivity index (χ0) is 15.0. The van der Waals surface area contributed by atoms with Crippen molar-refractivity contribution in [3.05, 3.63) is 52.5 Å². The number of ether oxygens (including phenoxy) is 2. The van der Waals surface area contributed by atoms with Gasteiger partial charge in [-0.25, -0.2) is 0 Å². The van der Waals surface area contributed by atoms with Crippen LogP contribution in [0.15, 0.2) is 36.4 Å². The number of phenolic OH excluding ortho intramolecular Hbond substituents is 1. The van der Waals surface area contributed by atoms with Gasteiger partial charge in [0.15, 0.2) is 0 Å². The van der Waals surface area contributed by atoms with E-state index in [0.29, 0.717) is 11.4 Å². The fraction of sp³-hybridized carbons (Fsp3) is 0.250. The molecule has 2 atom stereocenters. The van der Waals surface area contributed by atoms with Gasteiger partial charge in [0.25, 0.3) is 0 Å². The van der Waals surface area contributed by atoms with E-state index < -0.39 is 0 Å². The van der Waals surface area contributed by atoms with Crippen LogP contribution in [0, 0.1) is 0 Å². The molecule has 3 N–H and O–H groups in total. The first-order chi connectivity index (χ1) is 10.1. The van der Waals surface area contributed by atoms with Crippen LogP contribution in [-0.4, -0.2) is 12.2 Å². The van der Waals surface area contributed by atoms with Gasteiger partial charge in [0.1, 0.15) is 23.4 Å². The van der Waals surface area contributed by atoms with Crippen molar-refractivity contribution in [1.82, 2.24) is 0 Å². The smallest absolute Gasteiger partial charge is 0.134 e. The van der Waals surface area contributed by atoms with Crippen molar-refractivity contribution in [3.8, 4) is 17.2 Å². The lowest BCUT2D eigenvalue weighted by atomic mass is 9.93. The van der Waals surface area contributed by atoms with Crippen LogP contribution < -0.4 is 15.2 Å². The number of hydrogen-bond acceptors (Lipinski definition) is 4. The van der Waals surface area contributed by atoms with Crippen LogP contribution in [0.2, 0.25) is 5.02 Å². The molecule has 2 aromatic rings. The van der Waals surface area contributed by atoms with Crippen LogP contribution in [0.25, 0.3) is 0 Å². The van der Waals surface area contributed by atoms with Crippen molar-refractivity contribution < 1.29 is 14.6 Å². The molecule has 0 radical (unpaired) electrons.